The molecule has 1 aliphatic rings. The Kier molecular flexibility index (Phi) is 9.17. The van der Waals surface area contributed by atoms with E-state index < -0.39 is 17.7 Å². The number of benzene rings is 2. The molecule has 2 aromatic carbocycles. The van der Waals surface area contributed by atoms with Crippen LogP contribution in [-0.2, 0) is 4.79 Å². The number of nitrogens with one attached hydrogen (secondary N) is 3. The molecule has 2 atom stereocenters. The van der Waals surface area contributed by atoms with E-state index in [0.717, 1.165) is 11.3 Å². The average Bonchev–Trinajstić information content (AvgIpc) is 2.71. The van der Waals surface area contributed by atoms with Gasteiger partial charge >= 0.3 is 0 Å². The molecule has 0 saturated heterocycles. The van der Waals surface area contributed by atoms with Gasteiger partial charge in [0.05, 0.1) is 6.04 Å². The van der Waals surface area contributed by atoms with Gasteiger partial charge in [0.25, 0.3) is 0 Å². The predicted molar refractivity (Wildman–Crippen MR) is 130 cm³/mol. The van der Waals surface area contributed by atoms with E-state index in [9.17, 15) is 13.6 Å². The van der Waals surface area contributed by atoms with E-state index in [2.05, 4.69) is 20.9 Å². The van der Waals surface area contributed by atoms with Crippen molar-refractivity contribution < 1.29 is 13.6 Å². The first kappa shape index (κ1) is 25.0. The minimum absolute atomic E-state index is 0. The van der Waals surface area contributed by atoms with Gasteiger partial charge in [-0.3, -0.25) is 9.79 Å². The SMILES string of the molecule is CN=C(NCC1CC(=O)Nc2ccccc21)NCC(c1c(F)cccc1F)N(C)C.I. The largest absolute Gasteiger partial charge is 0.356 e. The van der Waals surface area contributed by atoms with Crippen molar-refractivity contribution in [2.45, 2.75) is 18.4 Å². The van der Waals surface area contributed by atoms with Crippen LogP contribution in [0.25, 0.3) is 0 Å². The third-order valence-electron chi connectivity index (χ3n) is 5.27. The molecule has 0 aromatic heterocycles. The van der Waals surface area contributed by atoms with Crippen LogP contribution in [0.5, 0.6) is 0 Å². The number of amides is 1. The first-order valence-electron chi connectivity index (χ1n) is 9.84. The summed E-state index contributed by atoms with van der Waals surface area (Å²) < 4.78 is 28.5. The quantitative estimate of drug-likeness (QED) is 0.297. The van der Waals surface area contributed by atoms with Crippen molar-refractivity contribution in [3.8, 4) is 0 Å². The molecule has 0 fully saturated rings. The van der Waals surface area contributed by atoms with Gasteiger partial charge < -0.3 is 20.9 Å². The van der Waals surface area contributed by atoms with Crippen LogP contribution in [0.1, 0.15) is 29.5 Å². The highest BCUT2D eigenvalue weighted by atomic mass is 127. The number of fused-ring (bicyclic) bond motifs is 1. The summed E-state index contributed by atoms with van der Waals surface area (Å²) in [6.07, 6.45) is 0.377. The number of likely N-dealkylation sites (N-methyl/N-ethyl adjacent to an activating group) is 1. The summed E-state index contributed by atoms with van der Waals surface area (Å²) in [6, 6.07) is 11.1. The van der Waals surface area contributed by atoms with Crippen LogP contribution in [-0.4, -0.2) is 51.0 Å². The second-order valence-electron chi connectivity index (χ2n) is 7.49. The number of hydrogen-bond donors (Lipinski definition) is 3. The Labute approximate surface area is 198 Å². The maximum Gasteiger partial charge on any atom is 0.225 e. The summed E-state index contributed by atoms with van der Waals surface area (Å²) in [5.74, 6) is -0.679. The molecular weight excluding hydrogens is 515 g/mol. The molecule has 3 rings (SSSR count). The van der Waals surface area contributed by atoms with Crippen molar-refractivity contribution in [2.24, 2.45) is 4.99 Å². The number of carbonyl (C=O) groups is 1. The fraction of sp³-hybridized carbons (Fsp3) is 0.364. The van der Waals surface area contributed by atoms with Crippen molar-refractivity contribution in [1.82, 2.24) is 15.5 Å². The summed E-state index contributed by atoms with van der Waals surface area (Å²) >= 11 is 0. The highest BCUT2D eigenvalue weighted by Crippen LogP contribution is 2.31. The molecule has 9 heteroatoms. The van der Waals surface area contributed by atoms with E-state index in [0.29, 0.717) is 18.9 Å². The van der Waals surface area contributed by atoms with E-state index >= 15 is 0 Å². The number of aliphatic imine (C=N–C) groups is 1. The van der Waals surface area contributed by atoms with Crippen molar-refractivity contribution in [3.05, 3.63) is 65.2 Å². The molecule has 0 radical (unpaired) electrons. The lowest BCUT2D eigenvalue weighted by atomic mass is 9.90. The zero-order chi connectivity index (χ0) is 21.7. The summed E-state index contributed by atoms with van der Waals surface area (Å²) in [4.78, 5) is 18.0. The molecule has 168 valence electrons. The molecule has 0 bridgehead atoms. The highest BCUT2D eigenvalue weighted by Gasteiger charge is 2.25. The number of nitrogens with zero attached hydrogens (tertiary/aromatic N) is 2. The number of guanidine groups is 1. The Morgan fingerprint density at radius 3 is 2.48 bits per heavy atom. The standard InChI is InChI=1S/C22H27F2N5O.HI/c1-25-22(26-12-14-11-20(30)28-18-10-5-4-7-15(14)18)27-13-19(29(2)3)21-16(23)8-6-9-17(21)24;/h4-10,14,19H,11-13H2,1-3H3,(H,28,30)(H2,25,26,27);1H. The molecule has 31 heavy (non-hydrogen) atoms. The molecule has 0 saturated carbocycles. The zero-order valence-corrected chi connectivity index (χ0v) is 20.1. The molecule has 1 aliphatic heterocycles. The normalized spacial score (nSPS) is 16.8. The van der Waals surface area contributed by atoms with Gasteiger partial charge in [-0.05, 0) is 37.9 Å². The summed E-state index contributed by atoms with van der Waals surface area (Å²) in [7, 11) is 5.17. The predicted octanol–water partition coefficient (Wildman–Crippen LogP) is 3.48. The van der Waals surface area contributed by atoms with Crippen molar-refractivity contribution >= 4 is 41.5 Å². The summed E-state index contributed by atoms with van der Waals surface area (Å²) in [5.41, 5.74) is 1.91. The van der Waals surface area contributed by atoms with Crippen molar-refractivity contribution in [3.63, 3.8) is 0 Å². The average molecular weight is 543 g/mol. The van der Waals surface area contributed by atoms with Crippen LogP contribution in [0, 0.1) is 11.6 Å². The summed E-state index contributed by atoms with van der Waals surface area (Å²) in [6.45, 7) is 0.761. The molecule has 0 spiro atoms. The monoisotopic (exact) mass is 543 g/mol. The molecule has 1 amide bonds. The highest BCUT2D eigenvalue weighted by molar-refractivity contribution is 14.0. The fourth-order valence-electron chi connectivity index (χ4n) is 3.69. The van der Waals surface area contributed by atoms with Crippen LogP contribution < -0.4 is 16.0 Å². The topological polar surface area (TPSA) is 68.8 Å². The van der Waals surface area contributed by atoms with Crippen LogP contribution in [0.4, 0.5) is 14.5 Å². The second kappa shape index (κ2) is 11.4. The first-order chi connectivity index (χ1) is 14.4. The first-order valence-corrected chi connectivity index (χ1v) is 9.84. The van der Waals surface area contributed by atoms with E-state index in [4.69, 9.17) is 0 Å². The number of halogens is 3. The maximum atomic E-state index is 14.3. The van der Waals surface area contributed by atoms with Gasteiger partial charge in [-0.1, -0.05) is 24.3 Å². The lowest BCUT2D eigenvalue weighted by Crippen LogP contribution is -2.44. The fourth-order valence-corrected chi connectivity index (χ4v) is 3.69. The number of hydrogen-bond acceptors (Lipinski definition) is 3. The molecule has 3 N–H and O–H groups in total. The maximum absolute atomic E-state index is 14.3. The lowest BCUT2D eigenvalue weighted by molar-refractivity contribution is -0.116. The van der Waals surface area contributed by atoms with Crippen LogP contribution in [0.2, 0.25) is 0 Å². The lowest BCUT2D eigenvalue weighted by Gasteiger charge is -2.28. The Balaban J connectivity index is 0.00000341. The van der Waals surface area contributed by atoms with Gasteiger partial charge in [-0.2, -0.15) is 0 Å². The van der Waals surface area contributed by atoms with Gasteiger partial charge in [-0.25, -0.2) is 8.78 Å². The van der Waals surface area contributed by atoms with Crippen molar-refractivity contribution in [1.29, 1.82) is 0 Å². The number of para-hydroxylation sites is 1. The molecule has 1 heterocycles. The molecule has 0 aliphatic carbocycles. The van der Waals surface area contributed by atoms with Gasteiger partial charge in [0, 0.05) is 43.7 Å². The Morgan fingerprint density at radius 1 is 1.16 bits per heavy atom. The third-order valence-corrected chi connectivity index (χ3v) is 5.27. The van der Waals surface area contributed by atoms with Gasteiger partial charge in [0.2, 0.25) is 5.91 Å². The van der Waals surface area contributed by atoms with Gasteiger partial charge in [0.15, 0.2) is 5.96 Å². The minimum Gasteiger partial charge on any atom is -0.356 e. The van der Waals surface area contributed by atoms with Crippen LogP contribution >= 0.6 is 24.0 Å². The van der Waals surface area contributed by atoms with Crippen molar-refractivity contribution in [2.75, 3.05) is 39.5 Å². The van der Waals surface area contributed by atoms with E-state index in [-0.39, 0.29) is 47.9 Å². The number of anilines is 1. The van der Waals surface area contributed by atoms with Crippen LogP contribution in [0.15, 0.2) is 47.5 Å². The molecule has 2 unspecified atom stereocenters. The Morgan fingerprint density at radius 2 is 1.84 bits per heavy atom. The van der Waals surface area contributed by atoms with E-state index in [1.54, 1.807) is 26.0 Å². The molecule has 6 nitrogen and oxygen atoms in total. The Hall–Kier alpha value is -2.27. The van der Waals surface area contributed by atoms with Gasteiger partial charge in [0.1, 0.15) is 11.6 Å². The van der Waals surface area contributed by atoms with E-state index in [1.807, 2.05) is 24.3 Å². The smallest absolute Gasteiger partial charge is 0.225 e. The third kappa shape index (κ3) is 6.13. The minimum atomic E-state index is -0.580. The molecule has 2 aromatic rings. The van der Waals surface area contributed by atoms with Crippen LogP contribution in [0.3, 0.4) is 0 Å². The summed E-state index contributed by atoms with van der Waals surface area (Å²) in [5, 5.41) is 9.25. The Bertz CT molecular complexity index is 918. The molecular formula is C22H28F2IN5O. The zero-order valence-electron chi connectivity index (χ0n) is 17.8. The van der Waals surface area contributed by atoms with E-state index in [1.165, 1.54) is 18.2 Å². The number of rotatable bonds is 6. The second-order valence-corrected chi connectivity index (χ2v) is 7.49. The van der Waals surface area contributed by atoms with Gasteiger partial charge in [-0.15, -0.1) is 24.0 Å². The number of carbonyl (C=O) groups excluding carboxylic acids is 1.